The maximum atomic E-state index is 12.1. The maximum absolute atomic E-state index is 12.1. The summed E-state index contributed by atoms with van der Waals surface area (Å²) < 4.78 is 83.3. The van der Waals surface area contributed by atoms with Crippen LogP contribution in [0, 0.1) is 0 Å². The quantitative estimate of drug-likeness (QED) is 0.0161. The fourth-order valence-corrected chi connectivity index (χ4v) is 10.1. The number of carbonyl (C=O) groups is 4. The minimum absolute atomic E-state index is 0.165. The molecule has 4 N–H and O–H groups in total. The second-order valence-electron chi connectivity index (χ2n) is 23.5. The van der Waals surface area contributed by atoms with Gasteiger partial charge in [0.15, 0.2) is 115 Å². The average molecular weight is 1590 g/mol. The van der Waals surface area contributed by atoms with Gasteiger partial charge in [-0.2, -0.15) is 0 Å². The third-order valence-electron chi connectivity index (χ3n) is 16.0. The highest BCUT2D eigenvalue weighted by Crippen LogP contribution is 2.35. The van der Waals surface area contributed by atoms with Crippen LogP contribution in [0.4, 0.5) is 0 Å². The Morgan fingerprint density at radius 3 is 0.405 bits per heavy atom. The van der Waals surface area contributed by atoms with Crippen LogP contribution in [0.3, 0.4) is 0 Å². The molecule has 0 saturated heterocycles. The first-order valence-corrected chi connectivity index (χ1v) is 35.0. The van der Waals surface area contributed by atoms with Crippen molar-refractivity contribution < 1.29 is 115 Å². The minimum atomic E-state index is -0.353. The highest BCUT2D eigenvalue weighted by molar-refractivity contribution is 6.04. The van der Waals surface area contributed by atoms with E-state index in [0.717, 1.165) is 68.8 Å². The Labute approximate surface area is 675 Å². The van der Waals surface area contributed by atoms with E-state index in [-0.39, 0.29) is 46.2 Å². The topological polar surface area (TPSA) is 297 Å². The lowest BCUT2D eigenvalue weighted by Crippen LogP contribution is -1.91. The maximum Gasteiger partial charge on any atom is 0.182 e. The van der Waals surface area contributed by atoms with Crippen molar-refractivity contribution >= 4 is 71.7 Å². The molecule has 0 aliphatic rings. The molecule has 0 fully saturated rings. The standard InChI is InChI=1S/4C23H24O6/c4*1-26-20-11-7-16(13-22(20)28-3)5-9-18(24)15-19(25)10-6-17-8-12-21(27-2)23(14-17)29-4/h4*5-15,24H,1-4H3/b4*9-5+,10-6+,18-15?. The zero-order valence-corrected chi connectivity index (χ0v) is 67.4. The Morgan fingerprint density at radius 1 is 0.181 bits per heavy atom. The van der Waals surface area contributed by atoms with Crippen LogP contribution in [0.5, 0.6) is 92.0 Å². The molecule has 0 aliphatic carbocycles. The van der Waals surface area contributed by atoms with Gasteiger partial charge < -0.3 is 96.2 Å². The van der Waals surface area contributed by atoms with Gasteiger partial charge in [-0.3, -0.25) is 19.2 Å². The Bertz CT molecular complexity index is 4380. The van der Waals surface area contributed by atoms with E-state index in [1.807, 2.05) is 24.3 Å². The Hall–Kier alpha value is -14.7. The lowest BCUT2D eigenvalue weighted by Gasteiger charge is -2.07. The van der Waals surface area contributed by atoms with Crippen LogP contribution in [0.25, 0.3) is 48.6 Å². The summed E-state index contributed by atoms with van der Waals surface area (Å²) in [6.07, 6.45) is 28.9. The number of rotatable bonds is 36. The van der Waals surface area contributed by atoms with Crippen molar-refractivity contribution in [3.8, 4) is 92.0 Å². The van der Waals surface area contributed by atoms with Gasteiger partial charge in [0.2, 0.25) is 0 Å². The summed E-state index contributed by atoms with van der Waals surface area (Å²) in [6, 6.07) is 42.5. The van der Waals surface area contributed by atoms with Crippen LogP contribution >= 0.6 is 0 Å². The molecule has 8 rings (SSSR count). The molecule has 0 saturated carbocycles. The van der Waals surface area contributed by atoms with Gasteiger partial charge in [-0.25, -0.2) is 0 Å². The second-order valence-corrected chi connectivity index (χ2v) is 23.5. The monoisotopic (exact) mass is 1580 g/mol. The van der Waals surface area contributed by atoms with Gasteiger partial charge in [0.05, 0.1) is 114 Å². The number of allylic oxidation sites excluding steroid dienone is 12. The van der Waals surface area contributed by atoms with Gasteiger partial charge in [-0.05, 0) is 190 Å². The molecule has 8 aromatic rings. The first-order valence-electron chi connectivity index (χ1n) is 35.0. The van der Waals surface area contributed by atoms with E-state index in [9.17, 15) is 39.6 Å². The molecule has 24 nitrogen and oxygen atoms in total. The summed E-state index contributed by atoms with van der Waals surface area (Å²) in [5.74, 6) is 7.37. The highest BCUT2D eigenvalue weighted by Gasteiger charge is 2.12. The molecule has 0 spiro atoms. The average Bonchev–Trinajstić information content (AvgIpc) is 0.906. The summed E-state index contributed by atoms with van der Waals surface area (Å²) in [6.45, 7) is 0. The van der Waals surface area contributed by atoms with Crippen molar-refractivity contribution in [1.29, 1.82) is 0 Å². The molecule has 24 heteroatoms. The number of carbonyl (C=O) groups excluding carboxylic acids is 4. The fraction of sp³-hybridized carbons (Fsp3) is 0.174. The predicted octanol–water partition coefficient (Wildman–Crippen LogP) is 17.8. The summed E-state index contributed by atoms with van der Waals surface area (Å²) in [7, 11) is 24.8. The molecule has 0 radical (unpaired) electrons. The minimum Gasteiger partial charge on any atom is -0.508 e. The van der Waals surface area contributed by atoms with Crippen LogP contribution in [-0.2, 0) is 19.2 Å². The number of ether oxygens (including phenoxy) is 16. The lowest BCUT2D eigenvalue weighted by atomic mass is 10.1. The molecule has 608 valence electrons. The van der Waals surface area contributed by atoms with Gasteiger partial charge in [-0.1, -0.05) is 97.1 Å². The molecule has 116 heavy (non-hydrogen) atoms. The van der Waals surface area contributed by atoms with Gasteiger partial charge in [-0.15, -0.1) is 0 Å². The van der Waals surface area contributed by atoms with E-state index in [1.165, 1.54) is 48.6 Å². The largest absolute Gasteiger partial charge is 0.508 e. The first-order chi connectivity index (χ1) is 56.0. The molecule has 0 heterocycles. The molecule has 0 aromatic heterocycles. The molecule has 0 aliphatic heterocycles. The number of aliphatic hydroxyl groups excluding tert-OH is 4. The van der Waals surface area contributed by atoms with E-state index in [1.54, 1.807) is 284 Å². The van der Waals surface area contributed by atoms with Crippen LogP contribution in [-0.4, -0.2) is 157 Å². The first kappa shape index (κ1) is 91.9. The van der Waals surface area contributed by atoms with Crippen LogP contribution < -0.4 is 75.8 Å². The number of hydrogen-bond donors (Lipinski definition) is 4. The van der Waals surface area contributed by atoms with E-state index >= 15 is 0 Å². The Kier molecular flexibility index (Phi) is 39.3. The van der Waals surface area contributed by atoms with Crippen LogP contribution in [0.1, 0.15) is 44.5 Å². The summed E-state index contributed by atoms with van der Waals surface area (Å²) in [5.41, 5.74) is 6.22. The number of ketones is 4. The number of benzene rings is 8. The molecule has 0 unspecified atom stereocenters. The van der Waals surface area contributed by atoms with Crippen molar-refractivity contribution in [1.82, 2.24) is 0 Å². The molecule has 0 atom stereocenters. The van der Waals surface area contributed by atoms with Gasteiger partial charge >= 0.3 is 0 Å². The summed E-state index contributed by atoms with van der Waals surface area (Å²) >= 11 is 0. The Morgan fingerprint density at radius 2 is 0.293 bits per heavy atom. The van der Waals surface area contributed by atoms with Crippen molar-refractivity contribution in [2.75, 3.05) is 114 Å². The second kappa shape index (κ2) is 49.6. The molecular weight excluding hydrogens is 1490 g/mol. The number of aliphatic hydroxyl groups is 4. The Balaban J connectivity index is 0.000000276. The normalized spacial score (nSPS) is 11.7. The van der Waals surface area contributed by atoms with Crippen molar-refractivity contribution in [3.05, 3.63) is 286 Å². The van der Waals surface area contributed by atoms with Crippen molar-refractivity contribution in [3.63, 3.8) is 0 Å². The molecule has 8 aromatic carbocycles. The fourth-order valence-electron chi connectivity index (χ4n) is 10.1. The van der Waals surface area contributed by atoms with Crippen LogP contribution in [0.2, 0.25) is 0 Å². The van der Waals surface area contributed by atoms with Gasteiger partial charge in [0.1, 0.15) is 23.0 Å². The van der Waals surface area contributed by atoms with E-state index < -0.39 is 0 Å². The van der Waals surface area contributed by atoms with Gasteiger partial charge in [0, 0.05) is 24.3 Å². The third kappa shape index (κ3) is 30.5. The lowest BCUT2D eigenvalue weighted by molar-refractivity contribution is -0.111. The summed E-state index contributed by atoms with van der Waals surface area (Å²) in [5, 5.41) is 39.9. The zero-order valence-electron chi connectivity index (χ0n) is 67.4. The SMILES string of the molecule is COc1ccc(/C=C/C(=O)C=C(O)/C=C/c2ccc(OC)c(OC)c2)cc1OC.COc1ccc(/C=C/C(=O)C=C(O)/C=C/c2ccc(OC)c(OC)c2)cc1OC.COc1ccc(/C=C/C(=O)C=C(O)/C=C/c2ccc(OC)c(OC)c2)cc1OC.COc1ccc(/C=C/C(=O)C=C(O)/C=C/c2ccc(OC)c(OC)c2)cc1OC. The van der Waals surface area contributed by atoms with E-state index in [4.69, 9.17) is 75.8 Å². The molecule has 0 amide bonds. The zero-order chi connectivity index (χ0) is 84.9. The molecule has 0 bridgehead atoms. The van der Waals surface area contributed by atoms with Gasteiger partial charge in [0.25, 0.3) is 0 Å². The molecular formula is C92H96O24. The number of methoxy groups -OCH3 is 16. The van der Waals surface area contributed by atoms with Crippen molar-refractivity contribution in [2.45, 2.75) is 0 Å². The smallest absolute Gasteiger partial charge is 0.182 e. The van der Waals surface area contributed by atoms with Crippen molar-refractivity contribution in [2.24, 2.45) is 0 Å². The van der Waals surface area contributed by atoms with E-state index in [2.05, 4.69) is 0 Å². The number of hydrogen-bond acceptors (Lipinski definition) is 24. The van der Waals surface area contributed by atoms with Crippen LogP contribution in [0.15, 0.2) is 242 Å². The third-order valence-corrected chi connectivity index (χ3v) is 16.0. The van der Waals surface area contributed by atoms with E-state index in [0.29, 0.717) is 92.0 Å². The highest BCUT2D eigenvalue weighted by atomic mass is 16.5. The summed E-state index contributed by atoms with van der Waals surface area (Å²) in [4.78, 5) is 48.2. The predicted molar refractivity (Wildman–Crippen MR) is 452 cm³/mol.